The first-order chi connectivity index (χ1) is 6.24. The number of hydrogen-bond donors (Lipinski definition) is 0. The first kappa shape index (κ1) is 12.4. The minimum atomic E-state index is 0.837. The molecule has 13 heavy (non-hydrogen) atoms. The van der Waals surface area contributed by atoms with Gasteiger partial charge in [-0.15, -0.1) is 0 Å². The van der Waals surface area contributed by atoms with Crippen LogP contribution in [0.3, 0.4) is 0 Å². The lowest BCUT2D eigenvalue weighted by molar-refractivity contribution is -0.117. The van der Waals surface area contributed by atoms with Gasteiger partial charge in [-0.1, -0.05) is 13.8 Å². The maximum atomic E-state index is 10.3. The van der Waals surface area contributed by atoms with Gasteiger partial charge in [0, 0.05) is 20.1 Å². The fourth-order valence-electron chi connectivity index (χ4n) is 1.32. The molecule has 3 nitrogen and oxygen atoms in total. The molecule has 0 fully saturated rings. The van der Waals surface area contributed by atoms with E-state index in [0.29, 0.717) is 0 Å². The Morgan fingerprint density at radius 1 is 1.00 bits per heavy atom. The zero-order chi connectivity index (χ0) is 10.1. The average Bonchev–Trinajstić information content (AvgIpc) is 2.14. The lowest BCUT2D eigenvalue weighted by atomic mass is 10.3. The molecule has 0 unspecified atom stereocenters. The van der Waals surface area contributed by atoms with Gasteiger partial charge in [-0.05, 0) is 25.9 Å². The summed E-state index contributed by atoms with van der Waals surface area (Å²) in [5.74, 6) is 0. The van der Waals surface area contributed by atoms with E-state index in [9.17, 15) is 4.79 Å². The molecule has 0 aliphatic rings. The van der Waals surface area contributed by atoms with Crippen LogP contribution in [0.15, 0.2) is 0 Å². The van der Waals surface area contributed by atoms with Crippen LogP contribution in [0.4, 0.5) is 0 Å². The number of carbonyl (C=O) groups excluding carboxylic acids is 1. The molecule has 0 heterocycles. The third kappa shape index (κ3) is 6.58. The second-order valence-corrected chi connectivity index (χ2v) is 3.43. The van der Waals surface area contributed by atoms with Crippen molar-refractivity contribution in [3.63, 3.8) is 0 Å². The van der Waals surface area contributed by atoms with Crippen molar-refractivity contribution in [2.75, 3.05) is 33.2 Å². The highest BCUT2D eigenvalue weighted by Gasteiger charge is 2.02. The van der Waals surface area contributed by atoms with E-state index in [0.717, 1.165) is 32.6 Å². The summed E-state index contributed by atoms with van der Waals surface area (Å²) >= 11 is 0. The molecule has 3 heteroatoms. The molecule has 0 aliphatic heterocycles. The number of rotatable bonds is 8. The monoisotopic (exact) mass is 186 g/mol. The van der Waals surface area contributed by atoms with Crippen LogP contribution in [-0.2, 0) is 4.79 Å². The molecule has 0 aromatic rings. The van der Waals surface area contributed by atoms with Crippen molar-refractivity contribution < 1.29 is 4.79 Å². The zero-order valence-electron chi connectivity index (χ0n) is 9.12. The van der Waals surface area contributed by atoms with E-state index in [1.54, 1.807) is 4.90 Å². The van der Waals surface area contributed by atoms with Gasteiger partial charge in [-0.3, -0.25) is 4.79 Å². The molecule has 78 valence electrons. The Bertz CT molecular complexity index is 122. The van der Waals surface area contributed by atoms with E-state index in [2.05, 4.69) is 18.7 Å². The first-order valence-corrected chi connectivity index (χ1v) is 5.12. The van der Waals surface area contributed by atoms with Gasteiger partial charge in [-0.2, -0.15) is 0 Å². The Labute approximate surface area is 81.7 Å². The highest BCUT2D eigenvalue weighted by molar-refractivity contribution is 5.46. The van der Waals surface area contributed by atoms with Crippen LogP contribution in [0.5, 0.6) is 0 Å². The summed E-state index contributed by atoms with van der Waals surface area (Å²) in [5.41, 5.74) is 0. The number of carbonyl (C=O) groups is 1. The third-order valence-electron chi connectivity index (χ3n) is 2.03. The second-order valence-electron chi connectivity index (χ2n) is 3.43. The SMILES string of the molecule is CCCN(CCC)CCN(C)C=O. The number of nitrogens with zero attached hydrogens (tertiary/aromatic N) is 2. The summed E-state index contributed by atoms with van der Waals surface area (Å²) in [7, 11) is 1.82. The molecule has 1 amide bonds. The van der Waals surface area contributed by atoms with Crippen LogP contribution in [0.2, 0.25) is 0 Å². The molecule has 0 atom stereocenters. The minimum Gasteiger partial charge on any atom is -0.347 e. The van der Waals surface area contributed by atoms with Crippen molar-refractivity contribution in [1.82, 2.24) is 9.80 Å². The summed E-state index contributed by atoms with van der Waals surface area (Å²) in [5, 5.41) is 0. The summed E-state index contributed by atoms with van der Waals surface area (Å²) in [6.45, 7) is 8.49. The number of amides is 1. The van der Waals surface area contributed by atoms with Crippen LogP contribution in [0.25, 0.3) is 0 Å². The lowest BCUT2D eigenvalue weighted by Crippen LogP contribution is -2.33. The van der Waals surface area contributed by atoms with E-state index in [4.69, 9.17) is 0 Å². The molecule has 0 aliphatic carbocycles. The van der Waals surface area contributed by atoms with Crippen LogP contribution >= 0.6 is 0 Å². The molecule has 0 bridgehead atoms. The fraction of sp³-hybridized carbons (Fsp3) is 0.900. The summed E-state index contributed by atoms with van der Waals surface area (Å²) in [4.78, 5) is 14.4. The van der Waals surface area contributed by atoms with E-state index in [-0.39, 0.29) is 0 Å². The highest BCUT2D eigenvalue weighted by Crippen LogP contribution is 1.93. The smallest absolute Gasteiger partial charge is 0.209 e. The Morgan fingerprint density at radius 3 is 1.92 bits per heavy atom. The van der Waals surface area contributed by atoms with E-state index < -0.39 is 0 Å². The molecule has 0 saturated heterocycles. The van der Waals surface area contributed by atoms with E-state index in [1.807, 2.05) is 7.05 Å². The van der Waals surface area contributed by atoms with Crippen LogP contribution < -0.4 is 0 Å². The lowest BCUT2D eigenvalue weighted by Gasteiger charge is -2.22. The van der Waals surface area contributed by atoms with Crippen molar-refractivity contribution in [2.45, 2.75) is 26.7 Å². The van der Waals surface area contributed by atoms with Gasteiger partial charge in [0.1, 0.15) is 0 Å². The molecule has 0 saturated carbocycles. The minimum absolute atomic E-state index is 0.837. The quantitative estimate of drug-likeness (QED) is 0.532. The Balaban J connectivity index is 3.60. The van der Waals surface area contributed by atoms with Crippen LogP contribution in [0, 0.1) is 0 Å². The highest BCUT2D eigenvalue weighted by atomic mass is 16.1. The zero-order valence-corrected chi connectivity index (χ0v) is 9.12. The van der Waals surface area contributed by atoms with Gasteiger partial charge in [0.2, 0.25) is 6.41 Å². The molecule has 0 spiro atoms. The van der Waals surface area contributed by atoms with Crippen molar-refractivity contribution in [1.29, 1.82) is 0 Å². The van der Waals surface area contributed by atoms with Gasteiger partial charge in [0.15, 0.2) is 0 Å². The maximum Gasteiger partial charge on any atom is 0.209 e. The molecule has 0 N–H and O–H groups in total. The Kier molecular flexibility index (Phi) is 7.69. The topological polar surface area (TPSA) is 23.6 Å². The van der Waals surface area contributed by atoms with Gasteiger partial charge < -0.3 is 9.80 Å². The normalized spacial score (nSPS) is 10.5. The molecule has 0 aromatic heterocycles. The summed E-state index contributed by atoms with van der Waals surface area (Å²) in [6, 6.07) is 0. The molecular formula is C10H22N2O. The van der Waals surface area contributed by atoms with Crippen molar-refractivity contribution in [3.8, 4) is 0 Å². The molecular weight excluding hydrogens is 164 g/mol. The standard InChI is InChI=1S/C10H22N2O/c1-4-6-12(7-5-2)9-8-11(3)10-13/h10H,4-9H2,1-3H3. The molecule has 0 aromatic carbocycles. The van der Waals surface area contributed by atoms with E-state index >= 15 is 0 Å². The predicted molar refractivity (Wildman–Crippen MR) is 55.7 cm³/mol. The fourth-order valence-corrected chi connectivity index (χ4v) is 1.32. The van der Waals surface area contributed by atoms with Gasteiger partial charge in [-0.25, -0.2) is 0 Å². The number of hydrogen-bond acceptors (Lipinski definition) is 2. The van der Waals surface area contributed by atoms with Crippen molar-refractivity contribution in [3.05, 3.63) is 0 Å². The predicted octanol–water partition coefficient (Wildman–Crippen LogP) is 1.20. The van der Waals surface area contributed by atoms with Gasteiger partial charge in [0.25, 0.3) is 0 Å². The third-order valence-corrected chi connectivity index (χ3v) is 2.03. The number of likely N-dealkylation sites (N-methyl/N-ethyl adjacent to an activating group) is 1. The second kappa shape index (κ2) is 8.05. The van der Waals surface area contributed by atoms with Gasteiger partial charge >= 0.3 is 0 Å². The van der Waals surface area contributed by atoms with Crippen molar-refractivity contribution in [2.24, 2.45) is 0 Å². The summed E-state index contributed by atoms with van der Waals surface area (Å²) < 4.78 is 0. The molecule has 0 radical (unpaired) electrons. The molecule has 0 rings (SSSR count). The average molecular weight is 186 g/mol. The Hall–Kier alpha value is -0.570. The van der Waals surface area contributed by atoms with E-state index in [1.165, 1.54) is 12.8 Å². The Morgan fingerprint density at radius 2 is 1.54 bits per heavy atom. The van der Waals surface area contributed by atoms with Gasteiger partial charge in [0.05, 0.1) is 0 Å². The first-order valence-electron chi connectivity index (χ1n) is 5.12. The van der Waals surface area contributed by atoms with Crippen molar-refractivity contribution >= 4 is 6.41 Å². The summed E-state index contributed by atoms with van der Waals surface area (Å²) in [6.07, 6.45) is 3.26. The van der Waals surface area contributed by atoms with Crippen LogP contribution in [0.1, 0.15) is 26.7 Å². The maximum absolute atomic E-state index is 10.3. The largest absolute Gasteiger partial charge is 0.347 e. The van der Waals surface area contributed by atoms with Crippen LogP contribution in [-0.4, -0.2) is 49.4 Å².